The first-order valence-electron chi connectivity index (χ1n) is 9.99. The molecule has 2 aromatic carbocycles. The van der Waals surface area contributed by atoms with Crippen molar-refractivity contribution in [3.8, 4) is 11.5 Å². The van der Waals surface area contributed by atoms with E-state index in [1.165, 1.54) is 13.2 Å². The lowest BCUT2D eigenvalue weighted by molar-refractivity contribution is -0.119. The second-order valence-electron chi connectivity index (χ2n) is 7.47. The maximum atomic E-state index is 13.2. The van der Waals surface area contributed by atoms with Crippen LogP contribution >= 0.6 is 11.6 Å². The van der Waals surface area contributed by atoms with Gasteiger partial charge in [-0.2, -0.15) is 0 Å². The van der Waals surface area contributed by atoms with E-state index in [2.05, 4.69) is 4.98 Å². The lowest BCUT2D eigenvalue weighted by atomic mass is 9.96. The molecule has 1 aliphatic heterocycles. The van der Waals surface area contributed by atoms with Crippen molar-refractivity contribution in [2.75, 3.05) is 26.8 Å². The first kappa shape index (κ1) is 21.0. The van der Waals surface area contributed by atoms with Crippen molar-refractivity contribution in [2.45, 2.75) is 18.8 Å². The number of methoxy groups -OCH3 is 1. The lowest BCUT2D eigenvalue weighted by Gasteiger charge is -2.32. The zero-order chi connectivity index (χ0) is 22.0. The number of benzene rings is 2. The Morgan fingerprint density at radius 3 is 2.87 bits per heavy atom. The molecule has 0 saturated carbocycles. The summed E-state index contributed by atoms with van der Waals surface area (Å²) in [5.74, 6) is 0.678. The van der Waals surface area contributed by atoms with Gasteiger partial charge >= 0.3 is 0 Å². The predicted octanol–water partition coefficient (Wildman–Crippen LogP) is 3.11. The van der Waals surface area contributed by atoms with Crippen molar-refractivity contribution in [2.24, 2.45) is 5.73 Å². The molecule has 8 nitrogen and oxygen atoms in total. The molecule has 3 aromatic rings. The number of likely N-dealkylation sites (tertiary alicyclic amines) is 1. The molecule has 31 heavy (non-hydrogen) atoms. The smallest absolute Gasteiger partial charge is 0.255 e. The van der Waals surface area contributed by atoms with Crippen LogP contribution in [0.1, 0.15) is 34.9 Å². The molecular weight excluding hydrogens is 420 g/mol. The van der Waals surface area contributed by atoms with E-state index >= 15 is 0 Å². The normalized spacial score (nSPS) is 16.3. The van der Waals surface area contributed by atoms with Crippen LogP contribution in [0.3, 0.4) is 0 Å². The van der Waals surface area contributed by atoms with Gasteiger partial charge in [0, 0.05) is 24.6 Å². The number of rotatable bonds is 6. The molecule has 2 amide bonds. The number of amides is 2. The second-order valence-corrected chi connectivity index (χ2v) is 7.88. The zero-order valence-corrected chi connectivity index (χ0v) is 17.8. The first-order valence-corrected chi connectivity index (χ1v) is 10.4. The van der Waals surface area contributed by atoms with Gasteiger partial charge < -0.3 is 25.1 Å². The SMILES string of the molecule is COc1cc(C(=O)N2CCC[C@H](c3nc4ccccc4[nH]3)C2)cc(Cl)c1OCC(N)=O. The van der Waals surface area contributed by atoms with Crippen molar-refractivity contribution in [1.82, 2.24) is 14.9 Å². The summed E-state index contributed by atoms with van der Waals surface area (Å²) in [4.78, 5) is 34.1. The first-order chi connectivity index (χ1) is 15.0. The fourth-order valence-corrected chi connectivity index (χ4v) is 4.13. The van der Waals surface area contributed by atoms with Crippen molar-refractivity contribution in [1.29, 1.82) is 0 Å². The van der Waals surface area contributed by atoms with Crippen LogP contribution in [0.5, 0.6) is 11.5 Å². The number of carbonyl (C=O) groups is 2. The largest absolute Gasteiger partial charge is 0.493 e. The maximum Gasteiger partial charge on any atom is 0.255 e. The van der Waals surface area contributed by atoms with Gasteiger partial charge in [-0.05, 0) is 37.1 Å². The van der Waals surface area contributed by atoms with Crippen LogP contribution in [0.4, 0.5) is 0 Å². The molecule has 1 saturated heterocycles. The third-order valence-electron chi connectivity index (χ3n) is 5.34. The van der Waals surface area contributed by atoms with E-state index in [1.807, 2.05) is 24.3 Å². The molecule has 0 radical (unpaired) electrons. The number of para-hydroxylation sites is 2. The van der Waals surface area contributed by atoms with Crippen molar-refractivity contribution >= 4 is 34.4 Å². The van der Waals surface area contributed by atoms with E-state index in [0.717, 1.165) is 29.7 Å². The molecule has 2 heterocycles. The molecule has 3 N–H and O–H groups in total. The van der Waals surface area contributed by atoms with E-state index < -0.39 is 5.91 Å². The van der Waals surface area contributed by atoms with Gasteiger partial charge in [-0.3, -0.25) is 9.59 Å². The van der Waals surface area contributed by atoms with Crippen LogP contribution in [0.25, 0.3) is 11.0 Å². The molecule has 1 aliphatic rings. The number of fused-ring (bicyclic) bond motifs is 1. The molecule has 0 aliphatic carbocycles. The van der Waals surface area contributed by atoms with E-state index in [-0.39, 0.29) is 35.0 Å². The van der Waals surface area contributed by atoms with Gasteiger partial charge in [0.2, 0.25) is 0 Å². The molecule has 1 fully saturated rings. The Morgan fingerprint density at radius 1 is 1.32 bits per heavy atom. The summed E-state index contributed by atoms with van der Waals surface area (Å²) < 4.78 is 10.6. The Labute approximate surface area is 184 Å². The number of aromatic nitrogens is 2. The Kier molecular flexibility index (Phi) is 5.99. The lowest BCUT2D eigenvalue weighted by Crippen LogP contribution is -2.39. The van der Waals surface area contributed by atoms with Crippen molar-refractivity contribution < 1.29 is 19.1 Å². The minimum Gasteiger partial charge on any atom is -0.493 e. The molecule has 9 heteroatoms. The highest BCUT2D eigenvalue weighted by atomic mass is 35.5. The number of halogens is 1. The summed E-state index contributed by atoms with van der Waals surface area (Å²) in [5, 5.41) is 0.176. The number of carbonyl (C=O) groups excluding carboxylic acids is 2. The van der Waals surface area contributed by atoms with Gasteiger partial charge in [0.25, 0.3) is 11.8 Å². The highest BCUT2D eigenvalue weighted by molar-refractivity contribution is 6.32. The molecule has 1 atom stereocenters. The van der Waals surface area contributed by atoms with E-state index in [9.17, 15) is 9.59 Å². The maximum absolute atomic E-state index is 13.2. The van der Waals surface area contributed by atoms with Gasteiger partial charge in [0.1, 0.15) is 5.82 Å². The number of aromatic amines is 1. The predicted molar refractivity (Wildman–Crippen MR) is 117 cm³/mol. The van der Waals surface area contributed by atoms with E-state index in [0.29, 0.717) is 18.7 Å². The average Bonchev–Trinajstić information content (AvgIpc) is 3.21. The van der Waals surface area contributed by atoms with Gasteiger partial charge in [-0.1, -0.05) is 23.7 Å². The number of primary amides is 1. The Hall–Kier alpha value is -3.26. The van der Waals surface area contributed by atoms with Crippen LogP contribution in [-0.2, 0) is 4.79 Å². The molecule has 162 valence electrons. The minimum absolute atomic E-state index is 0.126. The van der Waals surface area contributed by atoms with Crippen LogP contribution in [0, 0.1) is 0 Å². The Balaban J connectivity index is 1.54. The van der Waals surface area contributed by atoms with E-state index in [1.54, 1.807) is 11.0 Å². The van der Waals surface area contributed by atoms with E-state index in [4.69, 9.17) is 31.8 Å². The number of H-pyrrole nitrogens is 1. The number of nitrogens with two attached hydrogens (primary N) is 1. The van der Waals surface area contributed by atoms with Crippen LogP contribution < -0.4 is 15.2 Å². The molecule has 0 unspecified atom stereocenters. The van der Waals surface area contributed by atoms with Crippen molar-refractivity contribution in [3.05, 3.63) is 52.8 Å². The summed E-state index contributed by atoms with van der Waals surface area (Å²) in [5.41, 5.74) is 7.42. The van der Waals surface area contributed by atoms with Crippen molar-refractivity contribution in [3.63, 3.8) is 0 Å². The molecule has 0 spiro atoms. The zero-order valence-electron chi connectivity index (χ0n) is 17.1. The quantitative estimate of drug-likeness (QED) is 0.609. The monoisotopic (exact) mass is 442 g/mol. The number of hydrogen-bond donors (Lipinski definition) is 2. The molecule has 0 bridgehead atoms. The molecule has 1 aromatic heterocycles. The second kappa shape index (κ2) is 8.85. The van der Waals surface area contributed by atoms with Crippen LogP contribution in [0.15, 0.2) is 36.4 Å². The molecular formula is C22H23ClN4O4. The number of ether oxygens (including phenoxy) is 2. The Bertz CT molecular complexity index is 1100. The topological polar surface area (TPSA) is 111 Å². The highest BCUT2D eigenvalue weighted by Gasteiger charge is 2.28. The average molecular weight is 443 g/mol. The standard InChI is InChI=1S/C22H23ClN4O4/c1-30-18-10-14(9-15(23)20(18)31-12-19(24)28)22(29)27-8-4-5-13(11-27)21-25-16-6-2-3-7-17(16)26-21/h2-3,6-7,9-10,13H,4-5,8,11-12H2,1H3,(H2,24,28)(H,25,26)/t13-/m0/s1. The minimum atomic E-state index is -0.636. The fourth-order valence-electron chi connectivity index (χ4n) is 3.86. The third-order valence-corrected chi connectivity index (χ3v) is 5.62. The number of nitrogens with zero attached hydrogens (tertiary/aromatic N) is 2. The van der Waals surface area contributed by atoms with Gasteiger partial charge in [-0.25, -0.2) is 4.98 Å². The summed E-state index contributed by atoms with van der Waals surface area (Å²) >= 11 is 6.31. The fraction of sp³-hybridized carbons (Fsp3) is 0.318. The number of hydrogen-bond acceptors (Lipinski definition) is 5. The summed E-state index contributed by atoms with van der Waals surface area (Å²) in [6, 6.07) is 11.0. The number of piperidine rings is 1. The highest BCUT2D eigenvalue weighted by Crippen LogP contribution is 2.37. The van der Waals surface area contributed by atoms with Gasteiger partial charge in [-0.15, -0.1) is 0 Å². The number of imidazole rings is 1. The number of nitrogens with one attached hydrogen (secondary N) is 1. The van der Waals surface area contributed by atoms with Gasteiger partial charge in [0.15, 0.2) is 18.1 Å². The molecule has 4 rings (SSSR count). The van der Waals surface area contributed by atoms with Crippen LogP contribution in [0.2, 0.25) is 5.02 Å². The third kappa shape index (κ3) is 4.44. The summed E-state index contributed by atoms with van der Waals surface area (Å²) in [6.45, 7) is 0.864. The van der Waals surface area contributed by atoms with Gasteiger partial charge in [0.05, 0.1) is 23.2 Å². The van der Waals surface area contributed by atoms with Crippen LogP contribution in [-0.4, -0.2) is 53.5 Å². The summed E-state index contributed by atoms with van der Waals surface area (Å²) in [7, 11) is 1.44. The Morgan fingerprint density at radius 2 is 2.13 bits per heavy atom. The summed E-state index contributed by atoms with van der Waals surface area (Å²) in [6.07, 6.45) is 1.83.